The van der Waals surface area contributed by atoms with E-state index < -0.39 is 27.3 Å². The molecule has 1 fully saturated rings. The number of amides is 1. The molecule has 1 amide bonds. The van der Waals surface area contributed by atoms with E-state index in [0.717, 1.165) is 44.1 Å². The summed E-state index contributed by atoms with van der Waals surface area (Å²) in [5, 5.41) is 0.0725. The normalized spacial score (nSPS) is 21.7. The van der Waals surface area contributed by atoms with Crippen molar-refractivity contribution in [2.24, 2.45) is 5.92 Å². The van der Waals surface area contributed by atoms with Crippen LogP contribution in [0, 0.1) is 11.7 Å². The number of ether oxygens (including phenoxy) is 1. The Kier molecular flexibility index (Phi) is 5.52. The van der Waals surface area contributed by atoms with Crippen molar-refractivity contribution in [3.63, 3.8) is 0 Å². The van der Waals surface area contributed by atoms with E-state index >= 15 is 0 Å². The van der Waals surface area contributed by atoms with Crippen molar-refractivity contribution in [3.05, 3.63) is 28.5 Å². The lowest BCUT2D eigenvalue weighted by Crippen LogP contribution is -2.30. The third-order valence-electron chi connectivity index (χ3n) is 3.73. The molecule has 0 bridgehead atoms. The molecule has 1 aliphatic carbocycles. The number of carbonyl (C=O) groups is 1. The average Bonchev–Trinajstić information content (AvgIpc) is 2.40. The zero-order chi connectivity index (χ0) is 17.2. The van der Waals surface area contributed by atoms with Crippen LogP contribution in [0.1, 0.15) is 43.0 Å². The van der Waals surface area contributed by atoms with Gasteiger partial charge in [0.05, 0.1) is 22.9 Å². The minimum absolute atomic E-state index is 0.0358. The van der Waals surface area contributed by atoms with Gasteiger partial charge in [-0.15, -0.1) is 0 Å². The van der Waals surface area contributed by atoms with Crippen LogP contribution in [-0.2, 0) is 10.0 Å². The van der Waals surface area contributed by atoms with Crippen LogP contribution >= 0.6 is 11.6 Å². The summed E-state index contributed by atoms with van der Waals surface area (Å²) in [4.78, 5) is 11.7. The second-order valence-corrected chi connectivity index (χ2v) is 8.13. The van der Waals surface area contributed by atoms with E-state index in [2.05, 4.69) is 6.92 Å². The van der Waals surface area contributed by atoms with Gasteiger partial charge in [0.1, 0.15) is 11.6 Å². The molecule has 8 heteroatoms. The molecule has 0 spiro atoms. The number of nitrogens with one attached hydrogen (secondary N) is 1. The first-order valence-corrected chi connectivity index (χ1v) is 9.60. The highest BCUT2D eigenvalue weighted by molar-refractivity contribution is 7.89. The molecule has 23 heavy (non-hydrogen) atoms. The number of rotatable bonds is 4. The van der Waals surface area contributed by atoms with E-state index in [4.69, 9.17) is 16.3 Å². The van der Waals surface area contributed by atoms with Gasteiger partial charge in [0.2, 0.25) is 10.0 Å². The van der Waals surface area contributed by atoms with E-state index in [1.807, 2.05) is 0 Å². The van der Waals surface area contributed by atoms with E-state index in [-0.39, 0.29) is 16.9 Å². The number of carbonyl (C=O) groups excluding carboxylic acids is 1. The van der Waals surface area contributed by atoms with Gasteiger partial charge in [-0.05, 0) is 31.2 Å². The van der Waals surface area contributed by atoms with E-state index in [1.54, 1.807) is 4.72 Å². The molecule has 0 heterocycles. The molecule has 1 aromatic rings. The summed E-state index contributed by atoms with van der Waals surface area (Å²) < 4.78 is 43.7. The SMILES string of the molecule is C[C@H]1CCC[C@H](Oc2cc(F)c(C(=O)NS(C)(=O)=O)cc2Cl)C1. The van der Waals surface area contributed by atoms with E-state index in [1.165, 1.54) is 0 Å². The summed E-state index contributed by atoms with van der Waals surface area (Å²) in [7, 11) is -3.78. The second kappa shape index (κ2) is 7.05. The van der Waals surface area contributed by atoms with Crippen LogP contribution in [0.5, 0.6) is 5.75 Å². The van der Waals surface area contributed by atoms with Crippen molar-refractivity contribution in [1.82, 2.24) is 4.72 Å². The number of hydrogen-bond donors (Lipinski definition) is 1. The second-order valence-electron chi connectivity index (χ2n) is 5.98. The lowest BCUT2D eigenvalue weighted by atomic mass is 9.89. The van der Waals surface area contributed by atoms with Crippen LogP contribution in [0.2, 0.25) is 5.02 Å². The predicted octanol–water partition coefficient (Wildman–Crippen LogP) is 3.13. The summed E-state index contributed by atoms with van der Waals surface area (Å²) in [5.41, 5.74) is -0.440. The first-order valence-electron chi connectivity index (χ1n) is 7.33. The third-order valence-corrected chi connectivity index (χ3v) is 4.58. The van der Waals surface area contributed by atoms with Gasteiger partial charge in [0.25, 0.3) is 5.91 Å². The lowest BCUT2D eigenvalue weighted by Gasteiger charge is -2.27. The molecule has 1 saturated carbocycles. The minimum atomic E-state index is -3.78. The van der Waals surface area contributed by atoms with Crippen molar-refractivity contribution in [2.45, 2.75) is 38.7 Å². The zero-order valence-electron chi connectivity index (χ0n) is 12.9. The number of halogens is 2. The number of benzene rings is 1. The third kappa shape index (κ3) is 5.07. The Hall–Kier alpha value is -1.34. The molecule has 5 nitrogen and oxygen atoms in total. The highest BCUT2D eigenvalue weighted by atomic mass is 35.5. The highest BCUT2D eigenvalue weighted by Crippen LogP contribution is 2.32. The molecule has 1 aromatic carbocycles. The largest absolute Gasteiger partial charge is 0.489 e. The Morgan fingerprint density at radius 1 is 1.39 bits per heavy atom. The molecule has 0 aliphatic heterocycles. The Morgan fingerprint density at radius 3 is 2.70 bits per heavy atom. The van der Waals surface area contributed by atoms with Gasteiger partial charge in [0, 0.05) is 6.07 Å². The zero-order valence-corrected chi connectivity index (χ0v) is 14.5. The summed E-state index contributed by atoms with van der Waals surface area (Å²) in [6.07, 6.45) is 4.71. The van der Waals surface area contributed by atoms with Crippen LogP contribution in [0.15, 0.2) is 12.1 Å². The van der Waals surface area contributed by atoms with Crippen LogP contribution in [0.25, 0.3) is 0 Å². The van der Waals surface area contributed by atoms with Crippen LogP contribution < -0.4 is 9.46 Å². The molecule has 0 radical (unpaired) electrons. The monoisotopic (exact) mass is 363 g/mol. The van der Waals surface area contributed by atoms with Gasteiger partial charge in [-0.1, -0.05) is 24.9 Å². The fourth-order valence-corrected chi connectivity index (χ4v) is 3.34. The molecular weight excluding hydrogens is 345 g/mol. The van der Waals surface area contributed by atoms with Crippen LogP contribution in [-0.4, -0.2) is 26.7 Å². The molecule has 128 valence electrons. The fraction of sp³-hybridized carbons (Fsp3) is 0.533. The predicted molar refractivity (Wildman–Crippen MR) is 85.8 cm³/mol. The molecule has 0 aromatic heterocycles. The Morgan fingerprint density at radius 2 is 2.09 bits per heavy atom. The van der Waals surface area contributed by atoms with Crippen molar-refractivity contribution in [3.8, 4) is 5.75 Å². The summed E-state index contributed by atoms with van der Waals surface area (Å²) >= 11 is 6.05. The topological polar surface area (TPSA) is 72.5 Å². The van der Waals surface area contributed by atoms with Crippen molar-refractivity contribution in [2.75, 3.05) is 6.26 Å². The Bertz CT molecular complexity index is 708. The first-order chi connectivity index (χ1) is 10.7. The maximum Gasteiger partial charge on any atom is 0.267 e. The maximum atomic E-state index is 14.1. The molecule has 1 aliphatic rings. The number of hydrogen-bond acceptors (Lipinski definition) is 4. The van der Waals surface area contributed by atoms with Crippen LogP contribution in [0.3, 0.4) is 0 Å². The van der Waals surface area contributed by atoms with Gasteiger partial charge in [-0.2, -0.15) is 0 Å². The smallest absolute Gasteiger partial charge is 0.267 e. The molecule has 0 unspecified atom stereocenters. The van der Waals surface area contributed by atoms with Gasteiger partial charge in [-0.25, -0.2) is 17.5 Å². The fourth-order valence-electron chi connectivity index (χ4n) is 2.68. The molecule has 1 N–H and O–H groups in total. The summed E-state index contributed by atoms with van der Waals surface area (Å²) in [6.45, 7) is 2.14. The van der Waals surface area contributed by atoms with E-state index in [9.17, 15) is 17.6 Å². The van der Waals surface area contributed by atoms with Crippen molar-refractivity contribution >= 4 is 27.5 Å². The minimum Gasteiger partial charge on any atom is -0.489 e. The first kappa shape index (κ1) is 18.0. The molecule has 2 atom stereocenters. The average molecular weight is 364 g/mol. The Balaban J connectivity index is 2.18. The van der Waals surface area contributed by atoms with Crippen molar-refractivity contribution < 1.29 is 22.3 Å². The molecule has 0 saturated heterocycles. The lowest BCUT2D eigenvalue weighted by molar-refractivity contribution is 0.0977. The van der Waals surface area contributed by atoms with E-state index in [0.29, 0.717) is 5.92 Å². The van der Waals surface area contributed by atoms with Crippen LogP contribution in [0.4, 0.5) is 4.39 Å². The quantitative estimate of drug-likeness (QED) is 0.892. The molecule has 2 rings (SSSR count). The summed E-state index contributed by atoms with van der Waals surface area (Å²) in [5.74, 6) is -1.24. The maximum absolute atomic E-state index is 14.1. The Labute approximate surface area is 140 Å². The van der Waals surface area contributed by atoms with Crippen molar-refractivity contribution in [1.29, 1.82) is 0 Å². The van der Waals surface area contributed by atoms with Gasteiger partial charge >= 0.3 is 0 Å². The highest BCUT2D eigenvalue weighted by Gasteiger charge is 2.23. The van der Waals surface area contributed by atoms with Gasteiger partial charge < -0.3 is 4.74 Å². The van der Waals surface area contributed by atoms with Gasteiger partial charge in [0.15, 0.2) is 0 Å². The number of sulfonamides is 1. The summed E-state index contributed by atoms with van der Waals surface area (Å²) in [6, 6.07) is 2.11. The standard InChI is InChI=1S/C15H19ClFNO4S/c1-9-4-3-5-10(6-9)22-14-8-13(17)11(7-12(14)16)15(19)18-23(2,20)21/h7-10H,3-6H2,1-2H3,(H,18,19)/t9-,10-/m0/s1. The molecular formula is C15H19ClFNO4S. The van der Waals surface area contributed by atoms with Gasteiger partial charge in [-0.3, -0.25) is 4.79 Å².